The Balaban J connectivity index is 2.86. The molecule has 1 aromatic rings. The number of halogens is 5. The van der Waals surface area contributed by atoms with Crippen molar-refractivity contribution in [3.63, 3.8) is 0 Å². The summed E-state index contributed by atoms with van der Waals surface area (Å²) in [6.07, 6.45) is 0.976. The van der Waals surface area contributed by atoms with E-state index in [1.165, 1.54) is 6.92 Å². The lowest BCUT2D eigenvalue weighted by molar-refractivity contribution is -0.117. The molecule has 1 rings (SSSR count). The molecular weight excluding hydrogens is 341 g/mol. The number of benzene rings is 1. The molecule has 0 N–H and O–H groups in total. The van der Waals surface area contributed by atoms with Crippen LogP contribution in [0.25, 0.3) is 0 Å². The summed E-state index contributed by atoms with van der Waals surface area (Å²) in [6.45, 7) is 1.79. The fraction of sp³-hybridized carbons (Fsp3) is 0.364. The molecule has 2 nitrogen and oxygen atoms in total. The maximum absolute atomic E-state index is 10.8. The van der Waals surface area contributed by atoms with E-state index < -0.39 is 0 Å². The van der Waals surface area contributed by atoms with E-state index in [0.717, 1.165) is 0 Å². The largest absolute Gasteiger partial charge is 0.490 e. The second kappa shape index (κ2) is 7.06. The molecule has 0 saturated heterocycles. The molecule has 0 bridgehead atoms. The van der Waals surface area contributed by atoms with E-state index >= 15 is 0 Å². The van der Waals surface area contributed by atoms with Crippen molar-refractivity contribution in [1.29, 1.82) is 0 Å². The second-order valence-corrected chi connectivity index (χ2v) is 5.44. The fourth-order valence-electron chi connectivity index (χ4n) is 1.21. The molecule has 7 heteroatoms. The number of carbonyl (C=O) groups excluding carboxylic acids is 1. The zero-order valence-electron chi connectivity index (χ0n) is 9.33. The van der Waals surface area contributed by atoms with Crippen LogP contribution in [0.5, 0.6) is 5.75 Å². The van der Waals surface area contributed by atoms with Gasteiger partial charge in [0.25, 0.3) is 0 Å². The van der Waals surface area contributed by atoms with E-state index in [4.69, 9.17) is 62.7 Å². The molecule has 0 spiro atoms. The van der Waals surface area contributed by atoms with Crippen LogP contribution in [0.2, 0.25) is 25.1 Å². The fourth-order valence-corrected chi connectivity index (χ4v) is 2.44. The molecule has 0 aliphatic carbocycles. The van der Waals surface area contributed by atoms with Crippen molar-refractivity contribution in [2.45, 2.75) is 19.8 Å². The van der Waals surface area contributed by atoms with E-state index in [2.05, 4.69) is 0 Å². The topological polar surface area (TPSA) is 26.3 Å². The molecule has 18 heavy (non-hydrogen) atoms. The Hall–Kier alpha value is 0.140. The standard InChI is InChI=1S/C11H9Cl5O2/c1-5(17)3-2-4-18-11-9(15)7(13)6(12)8(14)10(11)16/h2-4H2,1H3. The SMILES string of the molecule is CC(=O)CCCOc1c(Cl)c(Cl)c(Cl)c(Cl)c1Cl. The lowest BCUT2D eigenvalue weighted by Crippen LogP contribution is -2.02. The summed E-state index contributed by atoms with van der Waals surface area (Å²) < 4.78 is 5.39. The van der Waals surface area contributed by atoms with Gasteiger partial charge in [0, 0.05) is 6.42 Å². The van der Waals surface area contributed by atoms with Gasteiger partial charge in [-0.25, -0.2) is 0 Å². The summed E-state index contributed by atoms with van der Waals surface area (Å²) >= 11 is 29.5. The van der Waals surface area contributed by atoms with Crippen molar-refractivity contribution in [2.24, 2.45) is 0 Å². The van der Waals surface area contributed by atoms with Gasteiger partial charge in [-0.1, -0.05) is 58.0 Å². The van der Waals surface area contributed by atoms with Crippen molar-refractivity contribution in [1.82, 2.24) is 0 Å². The van der Waals surface area contributed by atoms with E-state index in [9.17, 15) is 4.79 Å². The van der Waals surface area contributed by atoms with Gasteiger partial charge < -0.3 is 9.53 Å². The van der Waals surface area contributed by atoms with Gasteiger partial charge in [-0.3, -0.25) is 0 Å². The monoisotopic (exact) mass is 348 g/mol. The van der Waals surface area contributed by atoms with Crippen molar-refractivity contribution in [3.05, 3.63) is 25.1 Å². The van der Waals surface area contributed by atoms with Gasteiger partial charge in [0.2, 0.25) is 0 Å². The van der Waals surface area contributed by atoms with Crippen molar-refractivity contribution in [2.75, 3.05) is 6.61 Å². The molecule has 0 atom stereocenters. The average Bonchev–Trinajstić information content (AvgIpc) is 2.32. The predicted octanol–water partition coefficient (Wildman–Crippen LogP) is 5.70. The first-order valence-corrected chi connectivity index (χ1v) is 6.89. The normalized spacial score (nSPS) is 10.6. The molecule has 0 heterocycles. The van der Waals surface area contributed by atoms with E-state index in [-0.39, 0.29) is 43.3 Å². The summed E-state index contributed by atoms with van der Waals surface area (Å²) in [6, 6.07) is 0. The van der Waals surface area contributed by atoms with Crippen LogP contribution >= 0.6 is 58.0 Å². The number of rotatable bonds is 5. The zero-order valence-corrected chi connectivity index (χ0v) is 13.1. The predicted molar refractivity (Wildman–Crippen MR) is 76.9 cm³/mol. The second-order valence-electron chi connectivity index (χ2n) is 3.55. The van der Waals surface area contributed by atoms with Gasteiger partial charge in [0.15, 0.2) is 5.75 Å². The number of ether oxygens (including phenoxy) is 1. The first-order chi connectivity index (χ1) is 8.36. The Morgan fingerprint density at radius 2 is 1.39 bits per heavy atom. The number of ketones is 1. The molecule has 0 aromatic heterocycles. The summed E-state index contributed by atoms with van der Waals surface area (Å²) in [4.78, 5) is 10.8. The summed E-state index contributed by atoms with van der Waals surface area (Å²) in [5.41, 5.74) is 0. The van der Waals surface area contributed by atoms with Crippen molar-refractivity contribution in [3.8, 4) is 5.75 Å². The van der Waals surface area contributed by atoms with Crippen molar-refractivity contribution >= 4 is 63.8 Å². The molecule has 0 aliphatic heterocycles. The Labute approximate surface area is 130 Å². The van der Waals surface area contributed by atoms with E-state index in [1.807, 2.05) is 0 Å². The summed E-state index contributed by atoms with van der Waals surface area (Å²) in [7, 11) is 0. The highest BCUT2D eigenvalue weighted by molar-refractivity contribution is 6.55. The van der Waals surface area contributed by atoms with Gasteiger partial charge in [-0.2, -0.15) is 0 Å². The van der Waals surface area contributed by atoms with E-state index in [0.29, 0.717) is 12.8 Å². The Morgan fingerprint density at radius 3 is 1.83 bits per heavy atom. The van der Waals surface area contributed by atoms with Crippen molar-refractivity contribution < 1.29 is 9.53 Å². The Morgan fingerprint density at radius 1 is 0.944 bits per heavy atom. The third-order valence-corrected chi connectivity index (χ3v) is 4.33. The Kier molecular flexibility index (Phi) is 6.36. The highest BCUT2D eigenvalue weighted by atomic mass is 35.5. The minimum atomic E-state index is 0.0861. The third kappa shape index (κ3) is 3.82. The zero-order chi connectivity index (χ0) is 13.9. The molecule has 1 aromatic carbocycles. The summed E-state index contributed by atoms with van der Waals surface area (Å²) in [5.74, 6) is 0.268. The lowest BCUT2D eigenvalue weighted by Gasteiger charge is -2.13. The van der Waals surface area contributed by atoms with Crippen LogP contribution in [-0.4, -0.2) is 12.4 Å². The molecule has 0 saturated carbocycles. The Bertz CT molecular complexity index is 444. The van der Waals surface area contributed by atoms with Gasteiger partial charge in [0.1, 0.15) is 15.8 Å². The van der Waals surface area contributed by atoms with Crippen LogP contribution < -0.4 is 4.74 Å². The van der Waals surface area contributed by atoms with Crippen LogP contribution in [-0.2, 0) is 4.79 Å². The maximum Gasteiger partial charge on any atom is 0.159 e. The van der Waals surface area contributed by atoms with E-state index in [1.54, 1.807) is 0 Å². The molecule has 0 aliphatic rings. The van der Waals surface area contributed by atoms with Crippen LogP contribution in [0, 0.1) is 0 Å². The average molecular weight is 350 g/mol. The maximum atomic E-state index is 10.8. The number of hydrogen-bond donors (Lipinski definition) is 0. The molecule has 0 amide bonds. The molecule has 0 unspecified atom stereocenters. The smallest absolute Gasteiger partial charge is 0.159 e. The minimum Gasteiger partial charge on any atom is -0.490 e. The first kappa shape index (κ1) is 16.2. The highest BCUT2D eigenvalue weighted by Crippen LogP contribution is 2.48. The molecular formula is C11H9Cl5O2. The minimum absolute atomic E-state index is 0.0861. The van der Waals surface area contributed by atoms with Crippen LogP contribution in [0.3, 0.4) is 0 Å². The number of hydrogen-bond acceptors (Lipinski definition) is 2. The van der Waals surface area contributed by atoms with Gasteiger partial charge in [-0.15, -0.1) is 0 Å². The third-order valence-electron chi connectivity index (χ3n) is 2.09. The number of Topliss-reactive ketones (excluding diaryl/α,β-unsaturated/α-hetero) is 1. The molecule has 0 fully saturated rings. The summed E-state index contributed by atoms with van der Waals surface area (Å²) in [5, 5.41) is 0.491. The molecule has 0 radical (unpaired) electrons. The number of carbonyl (C=O) groups is 1. The highest BCUT2D eigenvalue weighted by Gasteiger charge is 2.20. The van der Waals surface area contributed by atoms with Gasteiger partial charge in [-0.05, 0) is 13.3 Å². The van der Waals surface area contributed by atoms with Gasteiger partial charge in [0.05, 0.1) is 21.7 Å². The molecule has 100 valence electrons. The quantitative estimate of drug-likeness (QED) is 0.387. The van der Waals surface area contributed by atoms with Crippen LogP contribution in [0.4, 0.5) is 0 Å². The lowest BCUT2D eigenvalue weighted by atomic mass is 10.2. The van der Waals surface area contributed by atoms with Crippen LogP contribution in [0.1, 0.15) is 19.8 Å². The van der Waals surface area contributed by atoms with Crippen LogP contribution in [0.15, 0.2) is 0 Å². The first-order valence-electron chi connectivity index (χ1n) is 5.00. The van der Waals surface area contributed by atoms with Gasteiger partial charge >= 0.3 is 0 Å².